The van der Waals surface area contributed by atoms with Gasteiger partial charge in [-0.1, -0.05) is 11.6 Å². The minimum absolute atomic E-state index is 0.217. The molecule has 10 heteroatoms. The molecule has 0 aliphatic carbocycles. The van der Waals surface area contributed by atoms with Crippen molar-refractivity contribution in [2.75, 3.05) is 22.0 Å². The van der Waals surface area contributed by atoms with Crippen molar-refractivity contribution in [1.82, 2.24) is 0 Å². The Labute approximate surface area is 151 Å². The lowest BCUT2D eigenvalue weighted by molar-refractivity contribution is 0.605. The lowest BCUT2D eigenvalue weighted by atomic mass is 10.2. The van der Waals surface area contributed by atoms with Gasteiger partial charge in [-0.05, 0) is 48.5 Å². The van der Waals surface area contributed by atoms with E-state index in [1.54, 1.807) is 48.5 Å². The van der Waals surface area contributed by atoms with Gasteiger partial charge in [-0.25, -0.2) is 21.8 Å². The third-order valence-electron chi connectivity index (χ3n) is 2.82. The van der Waals surface area contributed by atoms with E-state index in [1.807, 2.05) is 0 Å². The van der Waals surface area contributed by atoms with E-state index in [9.17, 15) is 16.8 Å². The number of aliphatic imine (C=N–C) groups is 1. The van der Waals surface area contributed by atoms with E-state index in [0.29, 0.717) is 22.6 Å². The Hall–Kier alpha value is -2.10. The Morgan fingerprint density at radius 3 is 1.60 bits per heavy atom. The summed E-state index contributed by atoms with van der Waals surface area (Å²) in [5.74, 6) is 0. The van der Waals surface area contributed by atoms with Crippen molar-refractivity contribution in [3.8, 4) is 0 Å². The van der Waals surface area contributed by atoms with E-state index < -0.39 is 20.0 Å². The van der Waals surface area contributed by atoms with Gasteiger partial charge in [0.25, 0.3) is 0 Å². The minimum atomic E-state index is -3.34. The van der Waals surface area contributed by atoms with Crippen molar-refractivity contribution in [3.05, 3.63) is 54.1 Å². The van der Waals surface area contributed by atoms with E-state index in [4.69, 9.17) is 11.6 Å². The van der Waals surface area contributed by atoms with Crippen LogP contribution in [0.1, 0.15) is 5.56 Å². The van der Waals surface area contributed by atoms with E-state index in [1.165, 1.54) is 0 Å². The number of hydrogen-bond acceptors (Lipinski definition) is 5. The molecule has 2 N–H and O–H groups in total. The number of sulfonamides is 2. The number of nitrogens with one attached hydrogen (secondary N) is 2. The van der Waals surface area contributed by atoms with Gasteiger partial charge >= 0.3 is 0 Å². The number of halogens is 1. The third-order valence-corrected chi connectivity index (χ3v) is 4.34. The molecule has 0 bridgehead atoms. The zero-order valence-corrected chi connectivity index (χ0v) is 15.8. The van der Waals surface area contributed by atoms with Crippen LogP contribution in [0.15, 0.2) is 53.5 Å². The Bertz CT molecular complexity index is 984. The van der Waals surface area contributed by atoms with Crippen molar-refractivity contribution in [1.29, 1.82) is 0 Å². The van der Waals surface area contributed by atoms with Gasteiger partial charge in [-0.2, -0.15) is 0 Å². The summed E-state index contributed by atoms with van der Waals surface area (Å²) in [5, 5.41) is 0.217. The molecule has 0 saturated carbocycles. The highest BCUT2D eigenvalue weighted by atomic mass is 35.5. The van der Waals surface area contributed by atoms with E-state index in [0.717, 1.165) is 12.5 Å². The second kappa shape index (κ2) is 7.42. The Balaban J connectivity index is 2.15. The smallest absolute Gasteiger partial charge is 0.229 e. The zero-order valence-electron chi connectivity index (χ0n) is 13.4. The Morgan fingerprint density at radius 2 is 1.20 bits per heavy atom. The number of nitrogens with zero attached hydrogens (tertiary/aromatic N) is 1. The zero-order chi connectivity index (χ0) is 18.7. The Morgan fingerprint density at radius 1 is 0.800 bits per heavy atom. The molecule has 0 amide bonds. The van der Waals surface area contributed by atoms with Crippen LogP contribution in [-0.4, -0.2) is 34.5 Å². The summed E-state index contributed by atoms with van der Waals surface area (Å²) in [6.07, 6.45) is 2.13. The van der Waals surface area contributed by atoms with Crippen LogP contribution in [0.5, 0.6) is 0 Å². The molecule has 0 saturated heterocycles. The molecule has 0 heterocycles. The summed E-state index contributed by atoms with van der Waals surface area (Å²) in [7, 11) is -6.67. The fourth-order valence-corrected chi connectivity index (χ4v) is 3.24. The summed E-state index contributed by atoms with van der Waals surface area (Å²) in [5.41, 5.74) is 2.00. The van der Waals surface area contributed by atoms with E-state index in [2.05, 4.69) is 14.4 Å². The van der Waals surface area contributed by atoms with Gasteiger partial charge in [-0.3, -0.25) is 9.44 Å². The van der Waals surface area contributed by atoms with Gasteiger partial charge in [-0.15, -0.1) is 0 Å². The second-order valence-electron chi connectivity index (χ2n) is 5.28. The summed E-state index contributed by atoms with van der Waals surface area (Å²) in [6, 6.07) is 12.8. The topological polar surface area (TPSA) is 105 Å². The van der Waals surface area contributed by atoms with E-state index >= 15 is 0 Å². The maximum absolute atomic E-state index is 11.2. The van der Waals surface area contributed by atoms with Crippen LogP contribution >= 0.6 is 11.6 Å². The average Bonchev–Trinajstić information content (AvgIpc) is 2.47. The summed E-state index contributed by atoms with van der Waals surface area (Å²) < 4.78 is 49.4. The Kier molecular flexibility index (Phi) is 5.71. The quantitative estimate of drug-likeness (QED) is 0.726. The molecule has 0 radical (unpaired) electrons. The standard InChI is InChI=1S/C15H16ClN3O4S2/c1-24(20,21)18-13-5-3-11(4-6-13)15(16)17-12-7-9-14(10-8-12)19-25(2,22)23/h3-10,18-19H,1-2H3. The average molecular weight is 402 g/mol. The molecule has 134 valence electrons. The molecule has 0 atom stereocenters. The molecular formula is C15H16ClN3O4S2. The van der Waals surface area contributed by atoms with Gasteiger partial charge < -0.3 is 0 Å². The van der Waals surface area contributed by atoms with Crippen LogP contribution in [0.3, 0.4) is 0 Å². The molecule has 2 aromatic carbocycles. The normalized spacial score (nSPS) is 12.7. The monoisotopic (exact) mass is 401 g/mol. The number of hydrogen-bond donors (Lipinski definition) is 2. The van der Waals surface area contributed by atoms with Crippen molar-refractivity contribution in [3.63, 3.8) is 0 Å². The van der Waals surface area contributed by atoms with Crippen molar-refractivity contribution >= 4 is 53.9 Å². The van der Waals surface area contributed by atoms with Crippen LogP contribution in [0.4, 0.5) is 17.1 Å². The highest BCUT2D eigenvalue weighted by molar-refractivity contribution is 7.92. The number of benzene rings is 2. The SMILES string of the molecule is CS(=O)(=O)Nc1ccc(N=C(Cl)c2ccc(NS(C)(=O)=O)cc2)cc1. The molecule has 0 aliphatic heterocycles. The van der Waals surface area contributed by atoms with Crippen LogP contribution < -0.4 is 9.44 Å². The molecule has 2 aromatic rings. The third kappa shape index (κ3) is 6.73. The van der Waals surface area contributed by atoms with Crippen LogP contribution in [0, 0.1) is 0 Å². The number of anilines is 2. The fourth-order valence-electron chi connectivity index (χ4n) is 1.89. The molecule has 0 spiro atoms. The highest BCUT2D eigenvalue weighted by Crippen LogP contribution is 2.20. The molecule has 7 nitrogen and oxygen atoms in total. The maximum Gasteiger partial charge on any atom is 0.229 e. The highest BCUT2D eigenvalue weighted by Gasteiger charge is 2.05. The van der Waals surface area contributed by atoms with Crippen LogP contribution in [0.25, 0.3) is 0 Å². The molecule has 0 aliphatic rings. The molecule has 25 heavy (non-hydrogen) atoms. The van der Waals surface area contributed by atoms with Crippen molar-refractivity contribution < 1.29 is 16.8 Å². The van der Waals surface area contributed by atoms with Crippen molar-refractivity contribution in [2.45, 2.75) is 0 Å². The van der Waals surface area contributed by atoms with Gasteiger partial charge in [0.15, 0.2) is 0 Å². The molecule has 0 unspecified atom stereocenters. The first-order chi connectivity index (χ1) is 11.5. The second-order valence-corrected chi connectivity index (χ2v) is 9.13. The van der Waals surface area contributed by atoms with Gasteiger partial charge in [0, 0.05) is 16.9 Å². The first-order valence-electron chi connectivity index (χ1n) is 6.92. The summed E-state index contributed by atoms with van der Waals surface area (Å²) in [6.45, 7) is 0. The fraction of sp³-hybridized carbons (Fsp3) is 0.133. The van der Waals surface area contributed by atoms with Crippen LogP contribution in [0.2, 0.25) is 0 Å². The predicted octanol–water partition coefficient (Wildman–Crippen LogP) is 2.75. The van der Waals surface area contributed by atoms with Gasteiger partial charge in [0.2, 0.25) is 20.0 Å². The van der Waals surface area contributed by atoms with E-state index in [-0.39, 0.29) is 5.17 Å². The maximum atomic E-state index is 11.2. The molecule has 0 aromatic heterocycles. The lowest BCUT2D eigenvalue weighted by Gasteiger charge is -2.05. The van der Waals surface area contributed by atoms with Gasteiger partial charge in [0.05, 0.1) is 18.2 Å². The summed E-state index contributed by atoms with van der Waals surface area (Å²) >= 11 is 6.17. The summed E-state index contributed by atoms with van der Waals surface area (Å²) in [4.78, 5) is 4.24. The molecular weight excluding hydrogens is 386 g/mol. The first-order valence-corrected chi connectivity index (χ1v) is 11.1. The lowest BCUT2D eigenvalue weighted by Crippen LogP contribution is -2.09. The van der Waals surface area contributed by atoms with Crippen molar-refractivity contribution in [2.24, 2.45) is 4.99 Å². The molecule has 0 fully saturated rings. The number of rotatable bonds is 6. The molecule has 2 rings (SSSR count). The van der Waals surface area contributed by atoms with Gasteiger partial charge in [0.1, 0.15) is 5.17 Å². The van der Waals surface area contributed by atoms with Crippen LogP contribution in [-0.2, 0) is 20.0 Å². The minimum Gasteiger partial charge on any atom is -0.284 e. The predicted molar refractivity (Wildman–Crippen MR) is 102 cm³/mol. The first kappa shape index (κ1) is 19.2. The largest absolute Gasteiger partial charge is 0.284 e.